The van der Waals surface area contributed by atoms with Crippen LogP contribution < -0.4 is 5.32 Å². The van der Waals surface area contributed by atoms with Crippen molar-refractivity contribution in [3.63, 3.8) is 0 Å². The maximum Gasteiger partial charge on any atom is 0.251 e. The minimum atomic E-state index is -0.185. The van der Waals surface area contributed by atoms with Gasteiger partial charge in [0, 0.05) is 29.6 Å². The van der Waals surface area contributed by atoms with Crippen molar-refractivity contribution in [1.29, 1.82) is 0 Å². The molecule has 3 aromatic carbocycles. The lowest BCUT2D eigenvalue weighted by Gasteiger charge is -2.08. The normalized spacial score (nSPS) is 10.6. The lowest BCUT2D eigenvalue weighted by atomic mass is 9.98. The third kappa shape index (κ3) is 4.38. The Kier molecular flexibility index (Phi) is 5.43. The average molecular weight is 380 g/mol. The summed E-state index contributed by atoms with van der Waals surface area (Å²) >= 11 is 0. The zero-order valence-corrected chi connectivity index (χ0v) is 15.8. The summed E-state index contributed by atoms with van der Waals surface area (Å²) in [6, 6.07) is 26.6. The molecule has 4 nitrogen and oxygen atoms in total. The molecule has 0 aliphatic heterocycles. The van der Waals surface area contributed by atoms with Crippen molar-refractivity contribution < 1.29 is 9.59 Å². The average Bonchev–Trinajstić information content (AvgIpc) is 2.78. The predicted molar refractivity (Wildman–Crippen MR) is 114 cm³/mol. The Hall–Kier alpha value is -3.79. The van der Waals surface area contributed by atoms with Crippen LogP contribution in [0.15, 0.2) is 91.1 Å². The molecule has 0 aliphatic carbocycles. The number of benzene rings is 3. The second kappa shape index (κ2) is 8.48. The van der Waals surface area contributed by atoms with Gasteiger partial charge >= 0.3 is 0 Å². The fourth-order valence-electron chi connectivity index (χ4n) is 3.32. The number of nitrogens with zero attached hydrogens (tertiary/aromatic N) is 1. The van der Waals surface area contributed by atoms with Gasteiger partial charge in [0.1, 0.15) is 0 Å². The van der Waals surface area contributed by atoms with E-state index in [0.717, 1.165) is 16.3 Å². The van der Waals surface area contributed by atoms with Gasteiger partial charge in [0.05, 0.1) is 6.42 Å². The van der Waals surface area contributed by atoms with E-state index in [1.165, 1.54) is 0 Å². The van der Waals surface area contributed by atoms with Gasteiger partial charge < -0.3 is 5.32 Å². The van der Waals surface area contributed by atoms with E-state index in [-0.39, 0.29) is 18.1 Å². The lowest BCUT2D eigenvalue weighted by molar-refractivity contribution is 0.0947. The van der Waals surface area contributed by atoms with E-state index in [4.69, 9.17) is 0 Å². The highest BCUT2D eigenvalue weighted by Gasteiger charge is 2.13. The molecule has 1 N–H and O–H groups in total. The van der Waals surface area contributed by atoms with Gasteiger partial charge in [-0.05, 0) is 28.5 Å². The number of nitrogens with one attached hydrogen (secondary N) is 1. The first kappa shape index (κ1) is 18.6. The Morgan fingerprint density at radius 3 is 2.45 bits per heavy atom. The summed E-state index contributed by atoms with van der Waals surface area (Å²) in [6.07, 6.45) is 1.72. The number of hydrogen-bond acceptors (Lipinski definition) is 3. The van der Waals surface area contributed by atoms with Crippen LogP contribution in [0.25, 0.3) is 10.8 Å². The predicted octanol–water partition coefficient (Wildman–Crippen LogP) is 4.59. The van der Waals surface area contributed by atoms with Crippen molar-refractivity contribution >= 4 is 22.5 Å². The molecule has 1 heterocycles. The van der Waals surface area contributed by atoms with Crippen LogP contribution in [-0.2, 0) is 13.0 Å². The van der Waals surface area contributed by atoms with Gasteiger partial charge in [-0.25, -0.2) is 0 Å². The molecule has 4 aromatic rings. The summed E-state index contributed by atoms with van der Waals surface area (Å²) in [5, 5.41) is 4.86. The van der Waals surface area contributed by atoms with Crippen molar-refractivity contribution in [2.75, 3.05) is 0 Å². The highest BCUT2D eigenvalue weighted by molar-refractivity contribution is 6.08. The number of carbonyl (C=O) groups excluding carboxylic acids is 2. The van der Waals surface area contributed by atoms with Crippen molar-refractivity contribution in [2.45, 2.75) is 13.0 Å². The number of rotatable bonds is 6. The van der Waals surface area contributed by atoms with Gasteiger partial charge in [-0.3, -0.25) is 14.6 Å². The number of aromatic nitrogens is 1. The van der Waals surface area contributed by atoms with Crippen LogP contribution in [-0.4, -0.2) is 16.7 Å². The first-order valence-electron chi connectivity index (χ1n) is 9.49. The van der Waals surface area contributed by atoms with Gasteiger partial charge in [-0.2, -0.15) is 0 Å². The smallest absolute Gasteiger partial charge is 0.251 e. The van der Waals surface area contributed by atoms with E-state index in [0.29, 0.717) is 23.4 Å². The Balaban J connectivity index is 1.48. The summed E-state index contributed by atoms with van der Waals surface area (Å²) < 4.78 is 0. The molecule has 1 amide bonds. The number of fused-ring (bicyclic) bond motifs is 1. The zero-order chi connectivity index (χ0) is 20.1. The molecule has 0 saturated carbocycles. The topological polar surface area (TPSA) is 59.1 Å². The molecule has 0 radical (unpaired) electrons. The molecule has 0 spiro atoms. The fraction of sp³-hybridized carbons (Fsp3) is 0.0800. The monoisotopic (exact) mass is 380 g/mol. The van der Waals surface area contributed by atoms with Gasteiger partial charge in [-0.1, -0.05) is 72.8 Å². The molecule has 0 unspecified atom stereocenters. The third-order valence-corrected chi connectivity index (χ3v) is 4.81. The van der Waals surface area contributed by atoms with Crippen LogP contribution >= 0.6 is 0 Å². The van der Waals surface area contributed by atoms with E-state index in [9.17, 15) is 9.59 Å². The van der Waals surface area contributed by atoms with E-state index >= 15 is 0 Å². The van der Waals surface area contributed by atoms with E-state index in [1.54, 1.807) is 18.3 Å². The SMILES string of the molecule is O=C(NCc1ccccc1)c1ccnc(CC(=O)c2cccc3ccccc23)c1. The van der Waals surface area contributed by atoms with Crippen molar-refractivity contribution in [3.05, 3.63) is 114 Å². The molecule has 0 atom stereocenters. The summed E-state index contributed by atoms with van der Waals surface area (Å²) in [4.78, 5) is 29.6. The van der Waals surface area contributed by atoms with Crippen molar-refractivity contribution in [1.82, 2.24) is 10.3 Å². The summed E-state index contributed by atoms with van der Waals surface area (Å²) in [5.41, 5.74) is 2.78. The maximum atomic E-state index is 12.9. The van der Waals surface area contributed by atoms with Crippen LogP contribution in [0.1, 0.15) is 32.0 Å². The van der Waals surface area contributed by atoms with Crippen LogP contribution in [0.5, 0.6) is 0 Å². The molecular weight excluding hydrogens is 360 g/mol. The minimum Gasteiger partial charge on any atom is -0.348 e. The van der Waals surface area contributed by atoms with Gasteiger partial charge in [0.25, 0.3) is 5.91 Å². The number of hydrogen-bond donors (Lipinski definition) is 1. The number of pyridine rings is 1. The third-order valence-electron chi connectivity index (χ3n) is 4.81. The Morgan fingerprint density at radius 2 is 1.59 bits per heavy atom. The summed E-state index contributed by atoms with van der Waals surface area (Å²) in [7, 11) is 0. The Bertz CT molecular complexity index is 1160. The van der Waals surface area contributed by atoms with Gasteiger partial charge in [-0.15, -0.1) is 0 Å². The van der Waals surface area contributed by atoms with Crippen LogP contribution in [0.3, 0.4) is 0 Å². The summed E-state index contributed by atoms with van der Waals surface area (Å²) in [6.45, 7) is 0.451. The first-order chi connectivity index (χ1) is 14.2. The van der Waals surface area contributed by atoms with Gasteiger partial charge in [0.2, 0.25) is 0 Å². The van der Waals surface area contributed by atoms with Crippen molar-refractivity contribution in [3.8, 4) is 0 Å². The molecule has 142 valence electrons. The fourth-order valence-corrected chi connectivity index (χ4v) is 3.32. The molecule has 0 saturated heterocycles. The molecule has 29 heavy (non-hydrogen) atoms. The maximum absolute atomic E-state index is 12.9. The molecule has 1 aromatic heterocycles. The molecule has 0 aliphatic rings. The Labute approximate surface area is 169 Å². The quantitative estimate of drug-likeness (QED) is 0.498. The first-order valence-corrected chi connectivity index (χ1v) is 9.49. The second-order valence-electron chi connectivity index (χ2n) is 6.83. The molecular formula is C25H20N2O2. The largest absolute Gasteiger partial charge is 0.348 e. The van der Waals surface area contributed by atoms with E-state index < -0.39 is 0 Å². The van der Waals surface area contributed by atoms with E-state index in [1.807, 2.05) is 72.8 Å². The molecule has 4 heteroatoms. The second-order valence-corrected chi connectivity index (χ2v) is 6.83. The molecule has 4 rings (SSSR count). The number of ketones is 1. The molecule has 0 bridgehead atoms. The highest BCUT2D eigenvalue weighted by Crippen LogP contribution is 2.20. The number of amides is 1. The van der Waals surface area contributed by atoms with Crippen LogP contribution in [0, 0.1) is 0 Å². The van der Waals surface area contributed by atoms with Crippen LogP contribution in [0.4, 0.5) is 0 Å². The molecule has 0 fully saturated rings. The number of carbonyl (C=O) groups is 2. The zero-order valence-electron chi connectivity index (χ0n) is 15.8. The Morgan fingerprint density at radius 1 is 0.828 bits per heavy atom. The summed E-state index contributed by atoms with van der Waals surface area (Å²) in [5.74, 6) is -0.203. The highest BCUT2D eigenvalue weighted by atomic mass is 16.1. The standard InChI is InChI=1S/C25H20N2O2/c28-24(23-12-6-10-19-9-4-5-11-22(19)23)16-21-15-20(13-14-26-21)25(29)27-17-18-7-2-1-3-8-18/h1-15H,16-17H2,(H,27,29). The van der Waals surface area contributed by atoms with Gasteiger partial charge in [0.15, 0.2) is 5.78 Å². The minimum absolute atomic E-state index is 0.0175. The lowest BCUT2D eigenvalue weighted by Crippen LogP contribution is -2.23. The van der Waals surface area contributed by atoms with Crippen LogP contribution in [0.2, 0.25) is 0 Å². The van der Waals surface area contributed by atoms with E-state index in [2.05, 4.69) is 10.3 Å². The number of Topliss-reactive ketones (excluding diaryl/α,β-unsaturated/α-hetero) is 1. The van der Waals surface area contributed by atoms with Crippen molar-refractivity contribution in [2.24, 2.45) is 0 Å².